The summed E-state index contributed by atoms with van der Waals surface area (Å²) < 4.78 is 26.2. The number of aryl methyl sites for hydroxylation is 1. The maximum Gasteiger partial charge on any atom is 0.280 e. The number of hydrogen-bond donors (Lipinski definition) is 0. The SMILES string of the molecule is Cn1nc(-c2ccccc2)cc1C(F)F. The van der Waals surface area contributed by atoms with Crippen LogP contribution in [0.1, 0.15) is 12.1 Å². The molecule has 1 aromatic carbocycles. The molecule has 2 rings (SSSR count). The first-order valence-electron chi connectivity index (χ1n) is 4.56. The largest absolute Gasteiger partial charge is 0.280 e. The van der Waals surface area contributed by atoms with Crippen LogP contribution in [0.2, 0.25) is 0 Å². The molecule has 2 aromatic rings. The third-order valence-electron chi connectivity index (χ3n) is 2.21. The second kappa shape index (κ2) is 3.81. The smallest absolute Gasteiger partial charge is 0.266 e. The zero-order chi connectivity index (χ0) is 10.8. The molecule has 0 aliphatic carbocycles. The first kappa shape index (κ1) is 9.83. The summed E-state index contributed by atoms with van der Waals surface area (Å²) in [6.45, 7) is 0. The van der Waals surface area contributed by atoms with Gasteiger partial charge in [0.1, 0.15) is 5.69 Å². The molecule has 15 heavy (non-hydrogen) atoms. The highest BCUT2D eigenvalue weighted by atomic mass is 19.3. The van der Waals surface area contributed by atoms with Gasteiger partial charge in [-0.05, 0) is 6.07 Å². The first-order valence-corrected chi connectivity index (χ1v) is 4.56. The lowest BCUT2D eigenvalue weighted by molar-refractivity contribution is 0.141. The van der Waals surface area contributed by atoms with Crippen LogP contribution in [-0.4, -0.2) is 9.78 Å². The number of rotatable bonds is 2. The van der Waals surface area contributed by atoms with Crippen molar-refractivity contribution >= 4 is 0 Å². The van der Waals surface area contributed by atoms with Crippen LogP contribution in [-0.2, 0) is 7.05 Å². The zero-order valence-electron chi connectivity index (χ0n) is 8.19. The summed E-state index contributed by atoms with van der Waals surface area (Å²) in [6, 6.07) is 10.7. The molecule has 0 fully saturated rings. The molecule has 1 aromatic heterocycles. The number of halogens is 2. The molecule has 0 saturated carbocycles. The van der Waals surface area contributed by atoms with Gasteiger partial charge in [-0.3, -0.25) is 4.68 Å². The number of nitrogens with zero attached hydrogens (tertiary/aromatic N) is 2. The molecule has 0 atom stereocenters. The van der Waals surface area contributed by atoms with Gasteiger partial charge in [-0.1, -0.05) is 30.3 Å². The van der Waals surface area contributed by atoms with E-state index in [0.29, 0.717) is 5.69 Å². The zero-order valence-corrected chi connectivity index (χ0v) is 8.19. The lowest BCUT2D eigenvalue weighted by Gasteiger charge is -1.96. The van der Waals surface area contributed by atoms with E-state index in [1.165, 1.54) is 17.8 Å². The molecule has 2 nitrogen and oxygen atoms in total. The van der Waals surface area contributed by atoms with Crippen LogP contribution in [0.4, 0.5) is 8.78 Å². The maximum absolute atomic E-state index is 12.5. The van der Waals surface area contributed by atoms with Crippen molar-refractivity contribution in [3.63, 3.8) is 0 Å². The molecule has 0 bridgehead atoms. The van der Waals surface area contributed by atoms with Gasteiger partial charge >= 0.3 is 0 Å². The average molecular weight is 208 g/mol. The van der Waals surface area contributed by atoms with Crippen LogP contribution in [0.25, 0.3) is 11.3 Å². The molecule has 0 spiro atoms. The molecule has 78 valence electrons. The van der Waals surface area contributed by atoms with Crippen LogP contribution >= 0.6 is 0 Å². The van der Waals surface area contributed by atoms with E-state index in [4.69, 9.17) is 0 Å². The topological polar surface area (TPSA) is 17.8 Å². The van der Waals surface area contributed by atoms with Crippen molar-refractivity contribution in [1.29, 1.82) is 0 Å². The van der Waals surface area contributed by atoms with Gasteiger partial charge in [0.25, 0.3) is 6.43 Å². The Morgan fingerprint density at radius 2 is 1.87 bits per heavy atom. The van der Waals surface area contributed by atoms with E-state index in [0.717, 1.165) is 5.56 Å². The first-order chi connectivity index (χ1) is 7.18. The summed E-state index contributed by atoms with van der Waals surface area (Å²) in [5.74, 6) is 0. The molecule has 0 aliphatic rings. The average Bonchev–Trinajstić information content (AvgIpc) is 2.62. The van der Waals surface area contributed by atoms with Crippen molar-refractivity contribution in [3.8, 4) is 11.3 Å². The summed E-state index contributed by atoms with van der Waals surface area (Å²) in [4.78, 5) is 0. The number of aromatic nitrogens is 2. The van der Waals surface area contributed by atoms with E-state index in [1.807, 2.05) is 30.3 Å². The van der Waals surface area contributed by atoms with Crippen molar-refractivity contribution in [3.05, 3.63) is 42.1 Å². The molecular weight excluding hydrogens is 198 g/mol. The van der Waals surface area contributed by atoms with Gasteiger partial charge in [0.2, 0.25) is 0 Å². The highest BCUT2D eigenvalue weighted by Crippen LogP contribution is 2.24. The van der Waals surface area contributed by atoms with E-state index in [-0.39, 0.29) is 5.69 Å². The van der Waals surface area contributed by atoms with E-state index >= 15 is 0 Å². The summed E-state index contributed by atoms with van der Waals surface area (Å²) in [6.07, 6.45) is -2.49. The maximum atomic E-state index is 12.5. The monoisotopic (exact) mass is 208 g/mol. The van der Waals surface area contributed by atoms with Gasteiger partial charge in [-0.25, -0.2) is 8.78 Å². The molecule has 0 amide bonds. The predicted octanol–water partition coefficient (Wildman–Crippen LogP) is 3.02. The number of hydrogen-bond acceptors (Lipinski definition) is 1. The Labute approximate surface area is 86.2 Å². The van der Waals surface area contributed by atoms with Crippen LogP contribution in [0, 0.1) is 0 Å². The fourth-order valence-corrected chi connectivity index (χ4v) is 1.44. The number of alkyl halides is 2. The Morgan fingerprint density at radius 3 is 2.40 bits per heavy atom. The summed E-state index contributed by atoms with van der Waals surface area (Å²) in [5.41, 5.74) is 1.36. The van der Waals surface area contributed by atoms with E-state index in [2.05, 4.69) is 5.10 Å². The summed E-state index contributed by atoms with van der Waals surface area (Å²) in [5, 5.41) is 4.04. The van der Waals surface area contributed by atoms with E-state index < -0.39 is 6.43 Å². The van der Waals surface area contributed by atoms with E-state index in [1.54, 1.807) is 0 Å². The summed E-state index contributed by atoms with van der Waals surface area (Å²) in [7, 11) is 1.52. The Morgan fingerprint density at radius 1 is 1.20 bits per heavy atom. The standard InChI is InChI=1S/C11H10F2N2/c1-15-10(11(12)13)7-9(14-15)8-5-3-2-4-6-8/h2-7,11H,1H3. The quantitative estimate of drug-likeness (QED) is 0.741. The van der Waals surface area contributed by atoms with Crippen LogP contribution in [0.3, 0.4) is 0 Å². The van der Waals surface area contributed by atoms with Crippen LogP contribution in [0.15, 0.2) is 36.4 Å². The molecule has 0 aliphatic heterocycles. The van der Waals surface area contributed by atoms with Crippen LogP contribution in [0.5, 0.6) is 0 Å². The molecule has 0 saturated heterocycles. The summed E-state index contributed by atoms with van der Waals surface area (Å²) >= 11 is 0. The van der Waals surface area contributed by atoms with Gasteiger partial charge in [0, 0.05) is 12.6 Å². The Balaban J connectivity index is 2.43. The third-order valence-corrected chi connectivity index (χ3v) is 2.21. The van der Waals surface area contributed by atoms with Crippen LogP contribution < -0.4 is 0 Å². The van der Waals surface area contributed by atoms with Gasteiger partial charge in [0.05, 0.1) is 5.69 Å². The van der Waals surface area contributed by atoms with Crippen molar-refractivity contribution < 1.29 is 8.78 Å². The molecule has 1 heterocycles. The molecule has 0 unspecified atom stereocenters. The second-order valence-corrected chi connectivity index (χ2v) is 3.24. The Bertz CT molecular complexity index is 449. The Kier molecular flexibility index (Phi) is 2.49. The minimum absolute atomic E-state index is 0.0612. The highest BCUT2D eigenvalue weighted by Gasteiger charge is 2.14. The highest BCUT2D eigenvalue weighted by molar-refractivity contribution is 5.59. The fourth-order valence-electron chi connectivity index (χ4n) is 1.44. The predicted molar refractivity (Wildman–Crippen MR) is 53.6 cm³/mol. The van der Waals surface area contributed by atoms with Crippen molar-refractivity contribution in [2.45, 2.75) is 6.43 Å². The lowest BCUT2D eigenvalue weighted by atomic mass is 10.1. The van der Waals surface area contributed by atoms with Crippen molar-refractivity contribution in [1.82, 2.24) is 9.78 Å². The van der Waals surface area contributed by atoms with Gasteiger partial charge in [-0.15, -0.1) is 0 Å². The second-order valence-electron chi connectivity index (χ2n) is 3.24. The normalized spacial score (nSPS) is 10.9. The van der Waals surface area contributed by atoms with Crippen molar-refractivity contribution in [2.24, 2.45) is 7.05 Å². The number of benzene rings is 1. The van der Waals surface area contributed by atoms with Gasteiger partial charge in [-0.2, -0.15) is 5.10 Å². The molecular formula is C11H10F2N2. The third kappa shape index (κ3) is 1.88. The molecule has 0 N–H and O–H groups in total. The lowest BCUT2D eigenvalue weighted by Crippen LogP contribution is -1.97. The van der Waals surface area contributed by atoms with Crippen molar-refractivity contribution in [2.75, 3.05) is 0 Å². The minimum atomic E-state index is -2.49. The van der Waals surface area contributed by atoms with Gasteiger partial charge < -0.3 is 0 Å². The molecule has 0 radical (unpaired) electrons. The minimum Gasteiger partial charge on any atom is -0.266 e. The van der Waals surface area contributed by atoms with Gasteiger partial charge in [0.15, 0.2) is 0 Å². The Hall–Kier alpha value is -1.71. The fraction of sp³-hybridized carbons (Fsp3) is 0.182. The van der Waals surface area contributed by atoms with E-state index in [9.17, 15) is 8.78 Å². The molecule has 4 heteroatoms.